The molecule has 38 heavy (non-hydrogen) atoms. The first kappa shape index (κ1) is 29.2. The first-order valence-corrected chi connectivity index (χ1v) is 14.1. The van der Waals surface area contributed by atoms with E-state index in [0.717, 1.165) is 11.3 Å². The number of esters is 2. The van der Waals surface area contributed by atoms with Gasteiger partial charge < -0.3 is 15.2 Å². The van der Waals surface area contributed by atoms with E-state index in [1.807, 2.05) is 0 Å². The summed E-state index contributed by atoms with van der Waals surface area (Å²) < 4.78 is 73.0. The summed E-state index contributed by atoms with van der Waals surface area (Å²) in [5.41, 5.74) is 8.08. The van der Waals surface area contributed by atoms with Crippen molar-refractivity contribution >= 4 is 50.7 Å². The minimum absolute atomic E-state index is 0.0365. The minimum Gasteiger partial charge on any atom is -0.482 e. The van der Waals surface area contributed by atoms with Gasteiger partial charge in [-0.2, -0.15) is 13.2 Å². The molecule has 0 bridgehead atoms. The number of nitrogen functional groups attached to an aromatic ring is 1. The molecule has 1 heterocycles. The fourth-order valence-electron chi connectivity index (χ4n) is 3.56. The first-order chi connectivity index (χ1) is 17.6. The normalized spacial score (nSPS) is 11.7. The third-order valence-corrected chi connectivity index (χ3v) is 9.48. The molecule has 0 saturated heterocycles. The summed E-state index contributed by atoms with van der Waals surface area (Å²) in [4.78, 5) is 22.7. The second kappa shape index (κ2) is 11.2. The van der Waals surface area contributed by atoms with Crippen LogP contribution in [0.3, 0.4) is 0 Å². The lowest BCUT2D eigenvalue weighted by molar-refractivity contribution is -0.202. The molecular weight excluding hydrogens is 565 g/mol. The Kier molecular flexibility index (Phi) is 8.58. The van der Waals surface area contributed by atoms with E-state index in [-0.39, 0.29) is 21.4 Å². The van der Waals surface area contributed by atoms with Crippen LogP contribution in [0.25, 0.3) is 11.1 Å². The van der Waals surface area contributed by atoms with E-state index in [1.54, 1.807) is 32.2 Å². The van der Waals surface area contributed by atoms with Crippen molar-refractivity contribution in [2.24, 2.45) is 5.73 Å². The number of benzene rings is 2. The van der Waals surface area contributed by atoms with E-state index < -0.39 is 34.6 Å². The van der Waals surface area contributed by atoms with Gasteiger partial charge in [-0.1, -0.05) is 12.1 Å². The molecule has 0 aliphatic heterocycles. The zero-order valence-electron chi connectivity index (χ0n) is 20.1. The number of thiophene rings is 1. The summed E-state index contributed by atoms with van der Waals surface area (Å²) in [6.07, 6.45) is -3.57. The van der Waals surface area contributed by atoms with Gasteiger partial charge >= 0.3 is 18.1 Å². The van der Waals surface area contributed by atoms with Gasteiger partial charge in [-0.15, -0.1) is 23.1 Å². The fraction of sp³-hybridized carbons (Fsp3) is 0.208. The number of amidine groups is 1. The highest BCUT2D eigenvalue weighted by Crippen LogP contribution is 2.38. The van der Waals surface area contributed by atoms with E-state index in [4.69, 9.17) is 15.9 Å². The molecule has 14 heteroatoms. The third kappa shape index (κ3) is 6.37. The smallest absolute Gasteiger partial charge is 0.482 e. The number of ether oxygens (including phenoxy) is 2. The van der Waals surface area contributed by atoms with Crippen LogP contribution >= 0.6 is 23.1 Å². The van der Waals surface area contributed by atoms with Gasteiger partial charge in [0, 0.05) is 0 Å². The van der Waals surface area contributed by atoms with Gasteiger partial charge in [-0.05, 0) is 72.7 Å². The van der Waals surface area contributed by atoms with Crippen molar-refractivity contribution in [3.63, 3.8) is 0 Å². The maximum atomic E-state index is 13.5. The van der Waals surface area contributed by atoms with E-state index in [1.165, 1.54) is 42.1 Å². The molecule has 3 aromatic rings. The van der Waals surface area contributed by atoms with E-state index in [9.17, 15) is 31.2 Å². The van der Waals surface area contributed by atoms with Crippen LogP contribution in [-0.4, -0.2) is 45.2 Å². The van der Waals surface area contributed by atoms with Crippen molar-refractivity contribution in [2.45, 2.75) is 34.0 Å². The highest BCUT2D eigenvalue weighted by molar-refractivity contribution is 8.01. The van der Waals surface area contributed by atoms with E-state index in [0.29, 0.717) is 31.3 Å². The molecule has 0 atom stereocenters. The number of halogens is 3. The van der Waals surface area contributed by atoms with Gasteiger partial charge in [0.05, 0.1) is 18.9 Å². The van der Waals surface area contributed by atoms with Gasteiger partial charge in [0.25, 0.3) is 0 Å². The molecule has 0 aliphatic carbocycles. The molecule has 0 radical (unpaired) electrons. The summed E-state index contributed by atoms with van der Waals surface area (Å²) in [5.74, 6) is -4.22. The van der Waals surface area contributed by atoms with Gasteiger partial charge in [0.1, 0.15) is 11.6 Å². The summed E-state index contributed by atoms with van der Waals surface area (Å²) in [7, 11) is -3.94. The standard InChI is InChI=1S/C24H21F3N2O6S3/c1-12-7-15(34-11-19(30)35-23(31)24(25,26)27)8-13(2)20(12)14-5-4-6-16(9-14)38(32,33)18-10-17(21(28)29)37-22(18)36-3/h4-10H,11H2,1-3H3,(H3,28,29). The molecular formula is C24H21F3N2O6S3. The summed E-state index contributed by atoms with van der Waals surface area (Å²) in [6.45, 7) is 2.51. The molecule has 3 N–H and O–H groups in total. The lowest BCUT2D eigenvalue weighted by Gasteiger charge is -2.15. The number of hydrogen-bond acceptors (Lipinski definition) is 9. The number of thioether (sulfide) groups is 1. The van der Waals surface area contributed by atoms with Crippen molar-refractivity contribution in [3.05, 3.63) is 58.5 Å². The van der Waals surface area contributed by atoms with Crippen LogP contribution in [0.15, 0.2) is 56.5 Å². The maximum absolute atomic E-state index is 13.5. The predicted octanol–water partition coefficient (Wildman–Crippen LogP) is 4.88. The molecule has 0 saturated carbocycles. The van der Waals surface area contributed by atoms with Crippen molar-refractivity contribution in [3.8, 4) is 16.9 Å². The van der Waals surface area contributed by atoms with Crippen LogP contribution in [0.1, 0.15) is 16.0 Å². The van der Waals surface area contributed by atoms with E-state index in [2.05, 4.69) is 4.74 Å². The van der Waals surface area contributed by atoms with Crippen LogP contribution in [0, 0.1) is 19.3 Å². The van der Waals surface area contributed by atoms with Crippen molar-refractivity contribution < 1.29 is 40.7 Å². The van der Waals surface area contributed by atoms with Crippen molar-refractivity contribution in [1.82, 2.24) is 0 Å². The number of nitrogens with one attached hydrogen (secondary N) is 1. The molecule has 0 spiro atoms. The van der Waals surface area contributed by atoms with Crippen LogP contribution in [0.2, 0.25) is 0 Å². The van der Waals surface area contributed by atoms with Crippen LogP contribution in [0.5, 0.6) is 5.75 Å². The summed E-state index contributed by atoms with van der Waals surface area (Å²) in [6, 6.07) is 10.7. The Hall–Kier alpha value is -3.36. The van der Waals surface area contributed by atoms with Gasteiger partial charge in [0.2, 0.25) is 9.84 Å². The topological polar surface area (TPSA) is 137 Å². The Morgan fingerprint density at radius 2 is 1.74 bits per heavy atom. The third-order valence-electron chi connectivity index (χ3n) is 5.14. The van der Waals surface area contributed by atoms with Crippen LogP contribution < -0.4 is 10.5 Å². The number of carbonyl (C=O) groups excluding carboxylic acids is 2. The average Bonchev–Trinajstić information content (AvgIpc) is 3.28. The second-order valence-corrected chi connectivity index (χ2v) is 11.9. The molecule has 0 unspecified atom stereocenters. The monoisotopic (exact) mass is 586 g/mol. The summed E-state index contributed by atoms with van der Waals surface area (Å²) >= 11 is 2.36. The van der Waals surface area contributed by atoms with Gasteiger partial charge in [0.15, 0.2) is 6.61 Å². The Morgan fingerprint density at radius 1 is 1.11 bits per heavy atom. The Bertz CT molecular complexity index is 1510. The molecule has 1 aromatic heterocycles. The zero-order chi connectivity index (χ0) is 28.4. The highest BCUT2D eigenvalue weighted by atomic mass is 32.2. The van der Waals surface area contributed by atoms with Crippen molar-refractivity contribution in [2.75, 3.05) is 12.9 Å². The first-order valence-electron chi connectivity index (χ1n) is 10.6. The lowest BCUT2D eigenvalue weighted by Crippen LogP contribution is -2.30. The average molecular weight is 587 g/mol. The van der Waals surface area contributed by atoms with Gasteiger partial charge in [-0.25, -0.2) is 18.0 Å². The van der Waals surface area contributed by atoms with E-state index >= 15 is 0 Å². The molecule has 2 aromatic carbocycles. The van der Waals surface area contributed by atoms with Crippen molar-refractivity contribution in [1.29, 1.82) is 5.41 Å². The van der Waals surface area contributed by atoms with Gasteiger partial charge in [-0.3, -0.25) is 5.41 Å². The number of hydrogen-bond donors (Lipinski definition) is 2. The largest absolute Gasteiger partial charge is 0.491 e. The zero-order valence-corrected chi connectivity index (χ0v) is 22.6. The second-order valence-electron chi connectivity index (χ2n) is 7.89. The highest BCUT2D eigenvalue weighted by Gasteiger charge is 2.42. The maximum Gasteiger partial charge on any atom is 0.491 e. The Balaban J connectivity index is 1.89. The Morgan fingerprint density at radius 3 is 2.29 bits per heavy atom. The SMILES string of the molecule is CSc1sc(C(=N)N)cc1S(=O)(=O)c1cccc(-c2c(C)cc(OCC(=O)OC(=O)C(F)(F)F)cc2C)c1. The predicted molar refractivity (Wildman–Crippen MR) is 137 cm³/mol. The molecule has 0 fully saturated rings. The fourth-order valence-corrected chi connectivity index (χ4v) is 7.46. The number of alkyl halides is 3. The molecule has 202 valence electrons. The molecule has 0 aliphatic rings. The van der Waals surface area contributed by atoms with Crippen LogP contribution in [0.4, 0.5) is 13.2 Å². The van der Waals surface area contributed by atoms with Crippen LogP contribution in [-0.2, 0) is 24.2 Å². The number of sulfone groups is 1. The number of nitrogens with two attached hydrogens (primary N) is 1. The number of carbonyl (C=O) groups is 2. The Labute approximate surface area is 224 Å². The number of aryl methyl sites for hydroxylation is 2. The molecule has 0 amide bonds. The minimum atomic E-state index is -5.30. The lowest BCUT2D eigenvalue weighted by atomic mass is 9.95. The molecule has 8 nitrogen and oxygen atoms in total. The molecule has 3 rings (SSSR count). The number of rotatable bonds is 8. The quantitative estimate of drug-likeness (QED) is 0.125. The summed E-state index contributed by atoms with van der Waals surface area (Å²) in [5, 5.41) is 7.64.